The van der Waals surface area contributed by atoms with Gasteiger partial charge in [-0.1, -0.05) is 118 Å². The second-order valence-electron chi connectivity index (χ2n) is 18.5. The van der Waals surface area contributed by atoms with Crippen LogP contribution in [0.5, 0.6) is 0 Å². The third kappa shape index (κ3) is 10.5. The number of ether oxygens (including phenoxy) is 1. The molecule has 2 nitrogen and oxygen atoms in total. The highest BCUT2D eigenvalue weighted by atomic mass is 16.5. The van der Waals surface area contributed by atoms with Crippen molar-refractivity contribution in [3.8, 4) is 0 Å². The zero-order valence-electron chi connectivity index (χ0n) is 33.1. The van der Waals surface area contributed by atoms with Gasteiger partial charge in [-0.25, -0.2) is 0 Å². The molecule has 10 atom stereocenters. The lowest BCUT2D eigenvalue weighted by Gasteiger charge is -2.61. The number of allylic oxidation sites excluding steroid dienone is 4. The molecule has 276 valence electrons. The molecule has 48 heavy (non-hydrogen) atoms. The summed E-state index contributed by atoms with van der Waals surface area (Å²) in [6.45, 7) is 17.5. The summed E-state index contributed by atoms with van der Waals surface area (Å²) in [6.07, 6.45) is 38.5. The van der Waals surface area contributed by atoms with Gasteiger partial charge in [-0.05, 0) is 154 Å². The minimum Gasteiger partial charge on any atom is -0.462 e. The fourth-order valence-corrected chi connectivity index (χ4v) is 11.7. The van der Waals surface area contributed by atoms with E-state index in [2.05, 4.69) is 72.8 Å². The van der Waals surface area contributed by atoms with Crippen LogP contribution in [0.15, 0.2) is 24.3 Å². The molecular weight excluding hydrogens is 585 g/mol. The van der Waals surface area contributed by atoms with Crippen LogP contribution in [-0.2, 0) is 9.53 Å². The van der Waals surface area contributed by atoms with Crippen molar-refractivity contribution >= 4 is 5.97 Å². The van der Waals surface area contributed by atoms with E-state index in [1.807, 2.05) is 0 Å². The van der Waals surface area contributed by atoms with Gasteiger partial charge in [0.25, 0.3) is 0 Å². The Morgan fingerprint density at radius 2 is 1.40 bits per heavy atom. The first kappa shape index (κ1) is 39.7. The molecule has 0 saturated heterocycles. The molecule has 2 heteroatoms. The lowest BCUT2D eigenvalue weighted by atomic mass is 9.44. The van der Waals surface area contributed by atoms with Crippen molar-refractivity contribution in [2.75, 3.05) is 0 Å². The van der Waals surface area contributed by atoms with Crippen molar-refractivity contribution in [1.82, 2.24) is 0 Å². The number of fused-ring (bicyclic) bond motifs is 5. The van der Waals surface area contributed by atoms with E-state index < -0.39 is 0 Å². The quantitative estimate of drug-likeness (QED) is 0.0735. The Balaban J connectivity index is 1.12. The maximum atomic E-state index is 12.8. The van der Waals surface area contributed by atoms with Crippen molar-refractivity contribution in [3.63, 3.8) is 0 Å². The predicted molar refractivity (Wildman–Crippen MR) is 207 cm³/mol. The lowest BCUT2D eigenvalue weighted by molar-refractivity contribution is -0.162. The summed E-state index contributed by atoms with van der Waals surface area (Å²) < 4.78 is 6.17. The maximum Gasteiger partial charge on any atom is 0.306 e. The van der Waals surface area contributed by atoms with Crippen molar-refractivity contribution in [2.45, 2.75) is 202 Å². The minimum atomic E-state index is 0.0744. The molecule has 4 fully saturated rings. The van der Waals surface area contributed by atoms with Gasteiger partial charge in [-0.15, -0.1) is 0 Å². The third-order valence-electron chi connectivity index (χ3n) is 15.2. The van der Waals surface area contributed by atoms with Crippen LogP contribution in [0.3, 0.4) is 0 Å². The fraction of sp³-hybridized carbons (Fsp3) is 0.891. The summed E-state index contributed by atoms with van der Waals surface area (Å²) >= 11 is 0. The van der Waals surface area contributed by atoms with Gasteiger partial charge in [0.15, 0.2) is 0 Å². The van der Waals surface area contributed by atoms with Gasteiger partial charge in [0.1, 0.15) is 6.10 Å². The first-order valence-corrected chi connectivity index (χ1v) is 21.6. The zero-order chi connectivity index (χ0) is 34.6. The van der Waals surface area contributed by atoms with Crippen LogP contribution < -0.4 is 0 Å². The van der Waals surface area contributed by atoms with Crippen molar-refractivity contribution < 1.29 is 9.53 Å². The van der Waals surface area contributed by atoms with Crippen molar-refractivity contribution in [2.24, 2.45) is 58.2 Å². The van der Waals surface area contributed by atoms with Gasteiger partial charge in [0.05, 0.1) is 0 Å². The molecule has 2 unspecified atom stereocenters. The Kier molecular flexibility index (Phi) is 16.2. The van der Waals surface area contributed by atoms with Crippen molar-refractivity contribution in [3.05, 3.63) is 24.3 Å². The number of unbranched alkanes of at least 4 members (excludes halogenated alkanes) is 8. The van der Waals surface area contributed by atoms with Gasteiger partial charge in [-0.2, -0.15) is 0 Å². The molecule has 0 aromatic rings. The summed E-state index contributed by atoms with van der Waals surface area (Å²) in [5.41, 5.74) is 1.03. The number of rotatable bonds is 20. The monoisotopic (exact) mass is 665 g/mol. The van der Waals surface area contributed by atoms with Gasteiger partial charge in [-0.3, -0.25) is 4.79 Å². The third-order valence-corrected chi connectivity index (χ3v) is 15.2. The summed E-state index contributed by atoms with van der Waals surface area (Å²) in [7, 11) is 0. The largest absolute Gasteiger partial charge is 0.462 e. The molecule has 0 spiro atoms. The number of carbonyl (C=O) groups is 1. The number of hydrogen-bond donors (Lipinski definition) is 0. The average Bonchev–Trinajstić information content (AvgIpc) is 3.42. The van der Waals surface area contributed by atoms with E-state index >= 15 is 0 Å². The molecule has 4 aliphatic carbocycles. The van der Waals surface area contributed by atoms with Gasteiger partial charge in [0.2, 0.25) is 0 Å². The van der Waals surface area contributed by atoms with E-state index in [0.29, 0.717) is 17.3 Å². The fourth-order valence-electron chi connectivity index (χ4n) is 11.7. The van der Waals surface area contributed by atoms with Crippen LogP contribution in [0.4, 0.5) is 0 Å². The zero-order valence-corrected chi connectivity index (χ0v) is 33.1. The van der Waals surface area contributed by atoms with Gasteiger partial charge >= 0.3 is 5.97 Å². The van der Waals surface area contributed by atoms with E-state index in [1.165, 1.54) is 109 Å². The Labute approximate surface area is 299 Å². The lowest BCUT2D eigenvalue weighted by Crippen LogP contribution is -2.54. The number of hydrogen-bond acceptors (Lipinski definition) is 2. The van der Waals surface area contributed by atoms with Crippen LogP contribution in [0.2, 0.25) is 0 Å². The van der Waals surface area contributed by atoms with E-state index in [0.717, 1.165) is 79.4 Å². The van der Waals surface area contributed by atoms with E-state index in [1.54, 1.807) is 0 Å². The molecule has 4 aliphatic rings. The first-order chi connectivity index (χ1) is 23.1. The van der Waals surface area contributed by atoms with Gasteiger partial charge < -0.3 is 4.74 Å². The number of esters is 1. The smallest absolute Gasteiger partial charge is 0.306 e. The maximum absolute atomic E-state index is 12.8. The molecule has 0 N–H and O–H groups in total. The molecule has 0 aromatic heterocycles. The molecule has 0 aliphatic heterocycles. The Bertz CT molecular complexity index is 994. The minimum absolute atomic E-state index is 0.0744. The molecule has 0 heterocycles. The van der Waals surface area contributed by atoms with Crippen LogP contribution in [-0.4, -0.2) is 12.1 Å². The number of carbonyl (C=O) groups excluding carboxylic acids is 1. The SMILES string of the molecule is CCCCC/C=C\C/C=C\CCCCCCCC(=O)OC1CC[C@@]2(C)C(CC[C@H]3[C@@H]4CC[C@H]([C@H](C)CC[C@H](C)C(C)C)[C@@]4(C)CC[C@@H]32)C1. The standard InChI is InChI=1S/C46H80O2/c1-8-9-10-11-12-13-14-15-16-17-18-19-20-21-22-23-44(47)48-39-30-32-45(6)38(34-39)26-27-40-42-29-28-41(46(42,7)33-31-43(40)45)37(5)25-24-36(4)35(2)3/h12-13,15-16,35-43H,8-11,14,17-34H2,1-7H3/b13-12-,16-15-/t36-,37+,38?,39?,40-,41+,42-,43-,45-,46+/m0/s1. The Hall–Kier alpha value is -1.05. The molecule has 0 bridgehead atoms. The summed E-state index contributed by atoms with van der Waals surface area (Å²) in [4.78, 5) is 12.8. The molecule has 0 radical (unpaired) electrons. The van der Waals surface area contributed by atoms with Crippen molar-refractivity contribution in [1.29, 1.82) is 0 Å². The first-order valence-electron chi connectivity index (χ1n) is 21.6. The normalized spacial score (nSPS) is 34.7. The second kappa shape index (κ2) is 19.5. The molecule has 4 rings (SSSR count). The highest BCUT2D eigenvalue weighted by molar-refractivity contribution is 5.69. The average molecular weight is 665 g/mol. The highest BCUT2D eigenvalue weighted by Crippen LogP contribution is 2.68. The summed E-state index contributed by atoms with van der Waals surface area (Å²) in [5.74, 6) is 7.08. The molecule has 0 aromatic carbocycles. The van der Waals surface area contributed by atoms with E-state index in [-0.39, 0.29) is 12.1 Å². The Morgan fingerprint density at radius 3 is 2.12 bits per heavy atom. The van der Waals surface area contributed by atoms with Crippen LogP contribution in [0.25, 0.3) is 0 Å². The molecular formula is C46H80O2. The van der Waals surface area contributed by atoms with E-state index in [9.17, 15) is 4.79 Å². The van der Waals surface area contributed by atoms with Crippen LogP contribution >= 0.6 is 0 Å². The topological polar surface area (TPSA) is 26.3 Å². The molecule has 0 amide bonds. The second-order valence-corrected chi connectivity index (χ2v) is 18.5. The van der Waals surface area contributed by atoms with Crippen LogP contribution in [0.1, 0.15) is 196 Å². The van der Waals surface area contributed by atoms with Gasteiger partial charge in [0, 0.05) is 6.42 Å². The van der Waals surface area contributed by atoms with E-state index in [4.69, 9.17) is 4.74 Å². The Morgan fingerprint density at radius 1 is 0.729 bits per heavy atom. The predicted octanol–water partition coefficient (Wildman–Crippen LogP) is 14.1. The summed E-state index contributed by atoms with van der Waals surface area (Å²) in [6, 6.07) is 0. The molecule has 4 saturated carbocycles. The summed E-state index contributed by atoms with van der Waals surface area (Å²) in [5, 5.41) is 0. The van der Waals surface area contributed by atoms with Crippen LogP contribution in [0, 0.1) is 58.2 Å². The highest BCUT2D eigenvalue weighted by Gasteiger charge is 2.60.